The van der Waals surface area contributed by atoms with Crippen LogP contribution in [-0.2, 0) is 0 Å². The van der Waals surface area contributed by atoms with Crippen molar-refractivity contribution in [1.82, 2.24) is 4.98 Å². The highest BCUT2D eigenvalue weighted by atomic mass is 35.5. The van der Waals surface area contributed by atoms with Gasteiger partial charge in [0, 0.05) is 28.5 Å². The van der Waals surface area contributed by atoms with Gasteiger partial charge in [0.05, 0.1) is 0 Å². The second-order valence-electron chi connectivity index (χ2n) is 6.43. The second-order valence-corrected chi connectivity index (χ2v) is 6.87. The summed E-state index contributed by atoms with van der Waals surface area (Å²) >= 11 is 5.88. The summed E-state index contributed by atoms with van der Waals surface area (Å²) in [7, 11) is 0. The molecule has 0 unspecified atom stereocenters. The Hall–Kier alpha value is -3.90. The van der Waals surface area contributed by atoms with Crippen molar-refractivity contribution in [3.8, 4) is 11.5 Å². The Morgan fingerprint density at radius 1 is 0.933 bits per heavy atom. The van der Waals surface area contributed by atoms with Crippen molar-refractivity contribution in [2.24, 2.45) is 0 Å². The first kappa shape index (κ1) is 19.4. The molecular formula is C23H15ClN2O4. The van der Waals surface area contributed by atoms with Gasteiger partial charge >= 0.3 is 5.97 Å². The zero-order chi connectivity index (χ0) is 21.1. The molecule has 0 saturated carbocycles. The molecule has 1 amide bonds. The quantitative estimate of drug-likeness (QED) is 0.438. The Morgan fingerprint density at radius 3 is 2.47 bits per heavy atom. The summed E-state index contributed by atoms with van der Waals surface area (Å²) in [6.45, 7) is 0. The molecule has 0 bridgehead atoms. The molecule has 148 valence electrons. The monoisotopic (exact) mass is 418 g/mol. The summed E-state index contributed by atoms with van der Waals surface area (Å²) in [5.74, 6) is -0.495. The third-order valence-corrected chi connectivity index (χ3v) is 4.64. The van der Waals surface area contributed by atoms with Crippen molar-refractivity contribution in [1.29, 1.82) is 0 Å². The molecule has 1 aromatic heterocycles. The maximum atomic E-state index is 12.8. The van der Waals surface area contributed by atoms with Crippen LogP contribution in [0, 0.1) is 0 Å². The normalized spacial score (nSPS) is 10.6. The average molecular weight is 419 g/mol. The molecule has 0 fully saturated rings. The Labute approximate surface area is 176 Å². The predicted octanol–water partition coefficient (Wildman–Crippen LogP) is 5.63. The first-order valence-corrected chi connectivity index (χ1v) is 9.34. The van der Waals surface area contributed by atoms with Gasteiger partial charge in [-0.3, -0.25) is 4.79 Å². The Morgan fingerprint density at radius 2 is 1.70 bits per heavy atom. The molecule has 0 saturated heterocycles. The molecule has 0 radical (unpaired) electrons. The first-order chi connectivity index (χ1) is 14.5. The number of nitrogens with one attached hydrogen (secondary N) is 1. The highest BCUT2D eigenvalue weighted by Crippen LogP contribution is 2.28. The summed E-state index contributed by atoms with van der Waals surface area (Å²) in [4.78, 5) is 27.6. The number of aromatic carboxylic acids is 1. The molecule has 4 aromatic rings. The molecule has 1 heterocycles. The van der Waals surface area contributed by atoms with E-state index in [0.29, 0.717) is 27.8 Å². The van der Waals surface area contributed by atoms with Gasteiger partial charge in [-0.1, -0.05) is 23.7 Å². The van der Waals surface area contributed by atoms with Gasteiger partial charge in [0.1, 0.15) is 11.5 Å². The summed E-state index contributed by atoms with van der Waals surface area (Å²) in [5, 5.41) is 14.1. The fraction of sp³-hybridized carbons (Fsp3) is 0. The van der Waals surface area contributed by atoms with Gasteiger partial charge in [-0.05, 0) is 65.4 Å². The van der Waals surface area contributed by atoms with Crippen molar-refractivity contribution >= 4 is 39.9 Å². The van der Waals surface area contributed by atoms with E-state index in [2.05, 4.69) is 10.3 Å². The smallest absolute Gasteiger partial charge is 0.354 e. The molecule has 30 heavy (non-hydrogen) atoms. The number of ether oxygens (including phenoxy) is 1. The standard InChI is InChI=1S/C23H15ClN2O4/c24-15-4-6-16(7-5-15)26-22(27)20-3-1-2-14-12-17(8-9-19(14)20)30-18-10-11-25-21(13-18)23(28)29/h1-13H,(H,26,27)(H,28,29). The number of rotatable bonds is 5. The third kappa shape index (κ3) is 4.24. The number of hydrogen-bond acceptors (Lipinski definition) is 4. The number of aromatic nitrogens is 1. The van der Waals surface area contributed by atoms with E-state index in [1.165, 1.54) is 12.3 Å². The lowest BCUT2D eigenvalue weighted by molar-refractivity contribution is 0.0690. The number of fused-ring (bicyclic) bond motifs is 1. The molecule has 4 rings (SSSR count). The van der Waals surface area contributed by atoms with Gasteiger partial charge in [0.15, 0.2) is 5.69 Å². The number of halogens is 1. The Bertz CT molecular complexity index is 1260. The number of benzene rings is 3. The minimum atomic E-state index is -1.13. The Balaban J connectivity index is 1.60. The van der Waals surface area contributed by atoms with Crippen molar-refractivity contribution in [3.05, 3.63) is 95.3 Å². The molecule has 0 aliphatic rings. The van der Waals surface area contributed by atoms with Crippen molar-refractivity contribution in [2.75, 3.05) is 5.32 Å². The fourth-order valence-corrected chi connectivity index (χ4v) is 3.11. The van der Waals surface area contributed by atoms with Crippen LogP contribution in [0.1, 0.15) is 20.8 Å². The van der Waals surface area contributed by atoms with Crippen LogP contribution in [0.25, 0.3) is 10.8 Å². The number of pyridine rings is 1. The Kier molecular flexibility index (Phi) is 5.32. The van der Waals surface area contributed by atoms with E-state index in [-0.39, 0.29) is 11.6 Å². The van der Waals surface area contributed by atoms with Crippen molar-refractivity contribution < 1.29 is 19.4 Å². The molecule has 0 atom stereocenters. The molecule has 0 aliphatic heterocycles. The van der Waals surface area contributed by atoms with Crippen LogP contribution in [0.5, 0.6) is 11.5 Å². The maximum absolute atomic E-state index is 12.8. The summed E-state index contributed by atoms with van der Waals surface area (Å²) in [6.07, 6.45) is 1.37. The van der Waals surface area contributed by atoms with Gasteiger partial charge in [0.25, 0.3) is 5.91 Å². The summed E-state index contributed by atoms with van der Waals surface area (Å²) < 4.78 is 5.77. The van der Waals surface area contributed by atoms with Crippen LogP contribution >= 0.6 is 11.6 Å². The number of carbonyl (C=O) groups is 2. The van der Waals surface area contributed by atoms with Gasteiger partial charge in [-0.15, -0.1) is 0 Å². The number of carboxylic acids is 1. The fourth-order valence-electron chi connectivity index (χ4n) is 2.98. The lowest BCUT2D eigenvalue weighted by Gasteiger charge is -2.11. The number of carboxylic acid groups (broad SMARTS) is 1. The lowest BCUT2D eigenvalue weighted by Crippen LogP contribution is -2.12. The van der Waals surface area contributed by atoms with E-state index in [1.54, 1.807) is 60.7 Å². The number of nitrogens with zero attached hydrogens (tertiary/aromatic N) is 1. The van der Waals surface area contributed by atoms with Gasteiger partial charge in [-0.25, -0.2) is 9.78 Å². The van der Waals surface area contributed by atoms with Crippen LogP contribution in [0.15, 0.2) is 79.0 Å². The highest BCUT2D eigenvalue weighted by Gasteiger charge is 2.12. The van der Waals surface area contributed by atoms with Gasteiger partial charge in [0.2, 0.25) is 0 Å². The molecule has 0 aliphatic carbocycles. The molecule has 6 nitrogen and oxygen atoms in total. The average Bonchev–Trinajstić information content (AvgIpc) is 2.75. The largest absolute Gasteiger partial charge is 0.477 e. The zero-order valence-electron chi connectivity index (χ0n) is 15.5. The number of anilines is 1. The van der Waals surface area contributed by atoms with E-state index in [4.69, 9.17) is 21.4 Å². The first-order valence-electron chi connectivity index (χ1n) is 8.96. The van der Waals surface area contributed by atoms with Crippen LogP contribution in [0.3, 0.4) is 0 Å². The highest BCUT2D eigenvalue weighted by molar-refractivity contribution is 6.30. The number of amides is 1. The SMILES string of the molecule is O=C(O)c1cc(Oc2ccc3c(C(=O)Nc4ccc(Cl)cc4)cccc3c2)ccn1. The lowest BCUT2D eigenvalue weighted by atomic mass is 10.0. The molecule has 0 spiro atoms. The predicted molar refractivity (Wildman–Crippen MR) is 115 cm³/mol. The van der Waals surface area contributed by atoms with Gasteiger partial charge < -0.3 is 15.2 Å². The second kappa shape index (κ2) is 8.23. The van der Waals surface area contributed by atoms with Crippen molar-refractivity contribution in [3.63, 3.8) is 0 Å². The van der Waals surface area contributed by atoms with Crippen molar-refractivity contribution in [2.45, 2.75) is 0 Å². The van der Waals surface area contributed by atoms with Gasteiger partial charge in [-0.2, -0.15) is 0 Å². The maximum Gasteiger partial charge on any atom is 0.354 e. The van der Waals surface area contributed by atoms with Crippen LogP contribution in [0.4, 0.5) is 5.69 Å². The summed E-state index contributed by atoms with van der Waals surface area (Å²) in [5.41, 5.74) is 1.06. The van der Waals surface area contributed by atoms with E-state index >= 15 is 0 Å². The van der Waals surface area contributed by atoms with Crippen LogP contribution in [0.2, 0.25) is 5.02 Å². The minimum Gasteiger partial charge on any atom is -0.477 e. The van der Waals surface area contributed by atoms with E-state index in [9.17, 15) is 9.59 Å². The van der Waals surface area contributed by atoms with Crippen LogP contribution in [-0.4, -0.2) is 22.0 Å². The van der Waals surface area contributed by atoms with Crippen LogP contribution < -0.4 is 10.1 Å². The topological polar surface area (TPSA) is 88.5 Å². The molecular weight excluding hydrogens is 404 g/mol. The molecule has 7 heteroatoms. The van der Waals surface area contributed by atoms with E-state index in [0.717, 1.165) is 10.8 Å². The summed E-state index contributed by atoms with van der Waals surface area (Å²) in [6, 6.07) is 20.5. The zero-order valence-corrected chi connectivity index (χ0v) is 16.3. The number of hydrogen-bond donors (Lipinski definition) is 2. The minimum absolute atomic E-state index is 0.102. The number of carbonyl (C=O) groups excluding carboxylic acids is 1. The third-order valence-electron chi connectivity index (χ3n) is 4.38. The molecule has 2 N–H and O–H groups in total. The van der Waals surface area contributed by atoms with E-state index < -0.39 is 5.97 Å². The molecule has 3 aromatic carbocycles. The van der Waals surface area contributed by atoms with E-state index in [1.807, 2.05) is 6.07 Å².